The third kappa shape index (κ3) is 4.46. The van der Waals surface area contributed by atoms with Gasteiger partial charge in [-0.1, -0.05) is 36.4 Å². The second-order valence-corrected chi connectivity index (χ2v) is 7.69. The highest BCUT2D eigenvalue weighted by Crippen LogP contribution is 2.27. The molecule has 1 aliphatic rings. The summed E-state index contributed by atoms with van der Waals surface area (Å²) < 4.78 is 5.36. The molecule has 0 atom stereocenters. The van der Waals surface area contributed by atoms with Gasteiger partial charge in [0.05, 0.1) is 18.9 Å². The van der Waals surface area contributed by atoms with Crippen LogP contribution in [-0.2, 0) is 16.0 Å². The van der Waals surface area contributed by atoms with Crippen LogP contribution in [0.2, 0.25) is 0 Å². The van der Waals surface area contributed by atoms with E-state index in [2.05, 4.69) is 9.97 Å². The number of aromatic amines is 1. The number of carbonyl (C=O) groups is 1. The summed E-state index contributed by atoms with van der Waals surface area (Å²) in [6.45, 7) is 7.03. The fraction of sp³-hybridized carbons (Fsp3) is 0.375. The van der Waals surface area contributed by atoms with Gasteiger partial charge in [0.1, 0.15) is 0 Å². The van der Waals surface area contributed by atoms with Crippen molar-refractivity contribution in [2.24, 2.45) is 0 Å². The van der Waals surface area contributed by atoms with Gasteiger partial charge in [0, 0.05) is 42.7 Å². The number of hydrogen-bond donors (Lipinski definition) is 1. The topological polar surface area (TPSA) is 78.5 Å². The van der Waals surface area contributed by atoms with Crippen LogP contribution in [0.15, 0.2) is 47.3 Å². The van der Waals surface area contributed by atoms with Gasteiger partial charge in [-0.3, -0.25) is 14.6 Å². The first-order valence-electron chi connectivity index (χ1n) is 10.8. The molecule has 7 heteroatoms. The van der Waals surface area contributed by atoms with E-state index < -0.39 is 0 Å². The second-order valence-electron chi connectivity index (χ2n) is 7.69. The molecule has 1 fully saturated rings. The number of morpholine rings is 1. The molecule has 3 aromatic rings. The molecule has 0 radical (unpaired) electrons. The molecule has 1 saturated heterocycles. The first kappa shape index (κ1) is 21.1. The van der Waals surface area contributed by atoms with Crippen LogP contribution >= 0.6 is 0 Å². The Labute approximate surface area is 181 Å². The summed E-state index contributed by atoms with van der Waals surface area (Å²) in [5.41, 5.74) is 1.97. The van der Waals surface area contributed by atoms with Gasteiger partial charge in [0.25, 0.3) is 5.56 Å². The van der Waals surface area contributed by atoms with Crippen LogP contribution in [0.25, 0.3) is 10.8 Å². The molecule has 4 rings (SSSR count). The molecule has 0 aliphatic carbocycles. The Kier molecular flexibility index (Phi) is 6.32. The standard InChI is InChI=1S/C24H28N4O3/c1-3-28(21-10-6-8-18-7-4-5-9-20(18)21)22(29)12-11-19-17(2)25-24(26-23(19)30)27-13-15-31-16-14-27/h4-10H,3,11-16H2,1-2H3,(H,25,26,30). The summed E-state index contributed by atoms with van der Waals surface area (Å²) in [7, 11) is 0. The lowest BCUT2D eigenvalue weighted by molar-refractivity contribution is -0.118. The summed E-state index contributed by atoms with van der Waals surface area (Å²) in [6.07, 6.45) is 0.608. The number of rotatable bonds is 6. The number of amides is 1. The Morgan fingerprint density at radius 3 is 2.65 bits per heavy atom. The van der Waals surface area contributed by atoms with Crippen molar-refractivity contribution in [2.45, 2.75) is 26.7 Å². The number of anilines is 2. The third-order valence-corrected chi connectivity index (χ3v) is 5.78. The van der Waals surface area contributed by atoms with E-state index in [4.69, 9.17) is 4.74 Å². The molecule has 0 spiro atoms. The van der Waals surface area contributed by atoms with Crippen LogP contribution in [0.5, 0.6) is 0 Å². The maximum absolute atomic E-state index is 13.1. The number of ether oxygens (including phenoxy) is 1. The highest BCUT2D eigenvalue weighted by molar-refractivity contribution is 6.03. The first-order chi connectivity index (χ1) is 15.1. The highest BCUT2D eigenvalue weighted by Gasteiger charge is 2.19. The van der Waals surface area contributed by atoms with E-state index in [9.17, 15) is 9.59 Å². The SMILES string of the molecule is CCN(C(=O)CCc1c(C)nc(N2CCOCC2)[nH]c1=O)c1cccc2ccccc12. The maximum atomic E-state index is 13.1. The predicted molar refractivity (Wildman–Crippen MR) is 123 cm³/mol. The zero-order valence-corrected chi connectivity index (χ0v) is 18.1. The Morgan fingerprint density at radius 1 is 1.16 bits per heavy atom. The van der Waals surface area contributed by atoms with Crippen molar-refractivity contribution in [3.8, 4) is 0 Å². The zero-order chi connectivity index (χ0) is 21.8. The van der Waals surface area contributed by atoms with Crippen LogP contribution in [0, 0.1) is 6.92 Å². The average Bonchev–Trinajstić information content (AvgIpc) is 2.79. The molecule has 1 amide bonds. The molecule has 1 aliphatic heterocycles. The number of aromatic nitrogens is 2. The molecule has 1 aromatic heterocycles. The minimum atomic E-state index is -0.171. The normalized spacial score (nSPS) is 14.1. The number of nitrogens with zero attached hydrogens (tertiary/aromatic N) is 3. The van der Waals surface area contributed by atoms with E-state index >= 15 is 0 Å². The number of H-pyrrole nitrogens is 1. The molecule has 2 heterocycles. The minimum absolute atomic E-state index is 0.00471. The van der Waals surface area contributed by atoms with Crippen molar-refractivity contribution < 1.29 is 9.53 Å². The monoisotopic (exact) mass is 420 g/mol. The predicted octanol–water partition coefficient (Wildman–Crippen LogP) is 3.05. The van der Waals surface area contributed by atoms with Gasteiger partial charge in [0.15, 0.2) is 0 Å². The lowest BCUT2D eigenvalue weighted by atomic mass is 10.1. The largest absolute Gasteiger partial charge is 0.378 e. The Morgan fingerprint density at radius 2 is 1.90 bits per heavy atom. The molecular formula is C24H28N4O3. The summed E-state index contributed by atoms with van der Waals surface area (Å²) in [5.74, 6) is 0.571. The summed E-state index contributed by atoms with van der Waals surface area (Å²) in [6, 6.07) is 14.0. The molecular weight excluding hydrogens is 392 g/mol. The quantitative estimate of drug-likeness (QED) is 0.663. The Hall–Kier alpha value is -3.19. The van der Waals surface area contributed by atoms with Crippen LogP contribution in [-0.4, -0.2) is 48.7 Å². The molecule has 31 heavy (non-hydrogen) atoms. The molecule has 7 nitrogen and oxygen atoms in total. The maximum Gasteiger partial charge on any atom is 0.255 e. The summed E-state index contributed by atoms with van der Waals surface area (Å²) >= 11 is 0. The number of benzene rings is 2. The molecule has 0 bridgehead atoms. The van der Waals surface area contributed by atoms with E-state index in [1.165, 1.54) is 0 Å². The van der Waals surface area contributed by atoms with Crippen molar-refractivity contribution in [2.75, 3.05) is 42.6 Å². The van der Waals surface area contributed by atoms with Crippen molar-refractivity contribution in [3.05, 3.63) is 64.1 Å². The number of nitrogens with one attached hydrogen (secondary N) is 1. The number of hydrogen-bond acceptors (Lipinski definition) is 5. The van der Waals surface area contributed by atoms with E-state index in [-0.39, 0.29) is 17.9 Å². The van der Waals surface area contributed by atoms with E-state index in [1.54, 1.807) is 4.90 Å². The smallest absolute Gasteiger partial charge is 0.255 e. The first-order valence-corrected chi connectivity index (χ1v) is 10.8. The van der Waals surface area contributed by atoms with Gasteiger partial charge in [-0.15, -0.1) is 0 Å². The number of carbonyl (C=O) groups excluding carboxylic acids is 1. The lowest BCUT2D eigenvalue weighted by Gasteiger charge is -2.27. The molecule has 0 unspecified atom stereocenters. The molecule has 1 N–H and O–H groups in total. The highest BCUT2D eigenvalue weighted by atomic mass is 16.5. The van der Waals surface area contributed by atoms with Gasteiger partial charge in [-0.2, -0.15) is 0 Å². The van der Waals surface area contributed by atoms with Crippen LogP contribution in [0.1, 0.15) is 24.6 Å². The van der Waals surface area contributed by atoms with Crippen molar-refractivity contribution in [1.29, 1.82) is 0 Å². The van der Waals surface area contributed by atoms with E-state index in [0.29, 0.717) is 56.5 Å². The zero-order valence-electron chi connectivity index (χ0n) is 18.1. The molecule has 0 saturated carbocycles. The third-order valence-electron chi connectivity index (χ3n) is 5.78. The van der Waals surface area contributed by atoms with Gasteiger partial charge >= 0.3 is 0 Å². The van der Waals surface area contributed by atoms with Crippen molar-refractivity contribution in [3.63, 3.8) is 0 Å². The molecule has 162 valence electrons. The van der Waals surface area contributed by atoms with Crippen LogP contribution in [0.3, 0.4) is 0 Å². The van der Waals surface area contributed by atoms with Crippen LogP contribution in [0.4, 0.5) is 11.6 Å². The Bertz CT molecular complexity index is 1130. The van der Waals surface area contributed by atoms with Crippen molar-refractivity contribution in [1.82, 2.24) is 9.97 Å². The molecule has 2 aromatic carbocycles. The lowest BCUT2D eigenvalue weighted by Crippen LogP contribution is -2.38. The van der Waals surface area contributed by atoms with Crippen LogP contribution < -0.4 is 15.4 Å². The van der Waals surface area contributed by atoms with Gasteiger partial charge in [-0.25, -0.2) is 4.98 Å². The Balaban J connectivity index is 1.51. The van der Waals surface area contributed by atoms with Gasteiger partial charge in [0.2, 0.25) is 11.9 Å². The second kappa shape index (κ2) is 9.31. The van der Waals surface area contributed by atoms with E-state index in [1.807, 2.05) is 61.2 Å². The average molecular weight is 421 g/mol. The summed E-state index contributed by atoms with van der Waals surface area (Å²) in [5, 5.41) is 2.15. The fourth-order valence-corrected chi connectivity index (χ4v) is 4.11. The van der Waals surface area contributed by atoms with Crippen molar-refractivity contribution >= 4 is 28.3 Å². The van der Waals surface area contributed by atoms with E-state index in [0.717, 1.165) is 16.5 Å². The number of fused-ring (bicyclic) bond motifs is 1. The summed E-state index contributed by atoms with van der Waals surface area (Å²) in [4.78, 5) is 37.1. The number of aryl methyl sites for hydroxylation is 1. The van der Waals surface area contributed by atoms with Gasteiger partial charge < -0.3 is 14.5 Å². The van der Waals surface area contributed by atoms with Gasteiger partial charge in [-0.05, 0) is 31.7 Å². The minimum Gasteiger partial charge on any atom is -0.378 e. The fourth-order valence-electron chi connectivity index (χ4n) is 4.11.